The molecule has 0 aliphatic rings. The first-order valence-electron chi connectivity index (χ1n) is 8.15. The zero-order valence-corrected chi connectivity index (χ0v) is 13.5. The topological polar surface area (TPSA) is 12.0 Å². The first-order chi connectivity index (χ1) is 10.3. The summed E-state index contributed by atoms with van der Waals surface area (Å²) in [6.07, 6.45) is 2.46. The van der Waals surface area contributed by atoms with E-state index in [-0.39, 0.29) is 0 Å². The van der Waals surface area contributed by atoms with Gasteiger partial charge in [0.05, 0.1) is 0 Å². The smallest absolute Gasteiger partial charge is 0.0133 e. The molecule has 1 N–H and O–H groups in total. The minimum absolute atomic E-state index is 0.551. The van der Waals surface area contributed by atoms with E-state index in [4.69, 9.17) is 0 Å². The van der Waals surface area contributed by atoms with Crippen LogP contribution in [-0.2, 0) is 0 Å². The Bertz CT molecular complexity index is 509. The van der Waals surface area contributed by atoms with Crippen molar-refractivity contribution in [1.29, 1.82) is 0 Å². The molecular weight excluding hydrogens is 254 g/mol. The molecule has 0 saturated carbocycles. The first-order valence-corrected chi connectivity index (χ1v) is 8.15. The van der Waals surface area contributed by atoms with Crippen molar-refractivity contribution < 1.29 is 0 Å². The highest BCUT2D eigenvalue weighted by atomic mass is 14.9. The van der Waals surface area contributed by atoms with E-state index in [1.165, 1.54) is 29.5 Å². The molecule has 0 aliphatic carbocycles. The van der Waals surface area contributed by atoms with Crippen LogP contribution in [0.1, 0.15) is 45.1 Å². The highest BCUT2D eigenvalue weighted by Crippen LogP contribution is 2.25. The van der Waals surface area contributed by atoms with Crippen LogP contribution < -0.4 is 5.32 Å². The molecule has 0 saturated heterocycles. The number of nitrogens with one attached hydrogen (secondary N) is 1. The molecule has 0 aromatic heterocycles. The average molecular weight is 281 g/mol. The van der Waals surface area contributed by atoms with Crippen LogP contribution >= 0.6 is 0 Å². The van der Waals surface area contributed by atoms with Crippen molar-refractivity contribution in [2.24, 2.45) is 0 Å². The Morgan fingerprint density at radius 3 is 2.05 bits per heavy atom. The minimum atomic E-state index is 0.551. The molecule has 21 heavy (non-hydrogen) atoms. The maximum absolute atomic E-state index is 3.63. The van der Waals surface area contributed by atoms with E-state index in [2.05, 4.69) is 80.7 Å². The summed E-state index contributed by atoms with van der Waals surface area (Å²) in [5, 5.41) is 3.63. The predicted molar refractivity (Wildman–Crippen MR) is 92.7 cm³/mol. The second kappa shape index (κ2) is 7.99. The second-order valence-electron chi connectivity index (χ2n) is 5.73. The van der Waals surface area contributed by atoms with Crippen LogP contribution in [-0.4, -0.2) is 12.6 Å². The number of rotatable bonds is 7. The van der Waals surface area contributed by atoms with Gasteiger partial charge in [0.1, 0.15) is 0 Å². The number of hydrogen-bond acceptors (Lipinski definition) is 1. The SMILES string of the molecule is CCCC(NCC)C(C)c1ccc(-c2ccccc2)cc1. The quantitative estimate of drug-likeness (QED) is 0.732. The van der Waals surface area contributed by atoms with Crippen LogP contribution in [0.15, 0.2) is 54.6 Å². The van der Waals surface area contributed by atoms with Crippen LogP contribution in [0.2, 0.25) is 0 Å². The van der Waals surface area contributed by atoms with Gasteiger partial charge in [0.25, 0.3) is 0 Å². The van der Waals surface area contributed by atoms with Crippen molar-refractivity contribution in [3.8, 4) is 11.1 Å². The lowest BCUT2D eigenvalue weighted by Gasteiger charge is -2.25. The van der Waals surface area contributed by atoms with Gasteiger partial charge >= 0.3 is 0 Å². The minimum Gasteiger partial charge on any atom is -0.314 e. The van der Waals surface area contributed by atoms with Crippen molar-refractivity contribution in [3.63, 3.8) is 0 Å². The third-order valence-electron chi connectivity index (χ3n) is 4.21. The summed E-state index contributed by atoms with van der Waals surface area (Å²) in [5.74, 6) is 0.551. The molecule has 2 unspecified atom stereocenters. The molecule has 1 nitrogen and oxygen atoms in total. The lowest BCUT2D eigenvalue weighted by atomic mass is 9.89. The van der Waals surface area contributed by atoms with E-state index in [0.717, 1.165) is 6.54 Å². The lowest BCUT2D eigenvalue weighted by molar-refractivity contribution is 0.430. The zero-order chi connectivity index (χ0) is 15.1. The summed E-state index contributed by atoms with van der Waals surface area (Å²) in [6.45, 7) is 7.82. The molecule has 2 atom stereocenters. The Balaban J connectivity index is 2.14. The predicted octanol–water partition coefficient (Wildman–Crippen LogP) is 5.24. The summed E-state index contributed by atoms with van der Waals surface area (Å²) in [4.78, 5) is 0. The third kappa shape index (κ3) is 4.18. The van der Waals surface area contributed by atoms with Gasteiger partial charge in [-0.15, -0.1) is 0 Å². The van der Waals surface area contributed by atoms with Crippen LogP contribution in [0.25, 0.3) is 11.1 Å². The molecule has 2 aromatic rings. The van der Waals surface area contributed by atoms with Crippen LogP contribution in [0.4, 0.5) is 0 Å². The van der Waals surface area contributed by atoms with Gasteiger partial charge in [-0.2, -0.15) is 0 Å². The molecule has 0 radical (unpaired) electrons. The molecule has 0 amide bonds. The molecule has 0 spiro atoms. The van der Waals surface area contributed by atoms with Crippen LogP contribution in [0.5, 0.6) is 0 Å². The molecule has 112 valence electrons. The molecule has 0 bridgehead atoms. The molecule has 0 heterocycles. The fraction of sp³-hybridized carbons (Fsp3) is 0.400. The molecule has 0 aliphatic heterocycles. The number of likely N-dealkylation sites (N-methyl/N-ethyl adjacent to an activating group) is 1. The Kier molecular flexibility index (Phi) is 6.01. The Morgan fingerprint density at radius 1 is 0.857 bits per heavy atom. The van der Waals surface area contributed by atoms with Gasteiger partial charge in [-0.05, 0) is 35.6 Å². The summed E-state index contributed by atoms with van der Waals surface area (Å²) in [6, 6.07) is 20.2. The molecule has 2 rings (SSSR count). The standard InChI is InChI=1S/C20H27N/c1-4-9-20(21-5-2)16(3)17-12-14-19(15-13-17)18-10-7-6-8-11-18/h6-8,10-16,20-21H,4-5,9H2,1-3H3. The molecule has 2 aromatic carbocycles. The summed E-state index contributed by atoms with van der Waals surface area (Å²) in [5.41, 5.74) is 4.00. The van der Waals surface area contributed by atoms with Crippen molar-refractivity contribution in [2.45, 2.75) is 45.6 Å². The van der Waals surface area contributed by atoms with Crippen LogP contribution in [0, 0.1) is 0 Å². The molecule has 0 fully saturated rings. The zero-order valence-electron chi connectivity index (χ0n) is 13.5. The maximum Gasteiger partial charge on any atom is 0.0133 e. The average Bonchev–Trinajstić information content (AvgIpc) is 2.55. The monoisotopic (exact) mass is 281 g/mol. The second-order valence-corrected chi connectivity index (χ2v) is 5.73. The van der Waals surface area contributed by atoms with E-state index in [9.17, 15) is 0 Å². The summed E-state index contributed by atoms with van der Waals surface area (Å²) >= 11 is 0. The van der Waals surface area contributed by atoms with Crippen molar-refractivity contribution in [3.05, 3.63) is 60.2 Å². The van der Waals surface area contributed by atoms with Crippen molar-refractivity contribution in [2.75, 3.05) is 6.54 Å². The third-order valence-corrected chi connectivity index (χ3v) is 4.21. The van der Waals surface area contributed by atoms with E-state index in [1.54, 1.807) is 0 Å². The lowest BCUT2D eigenvalue weighted by Crippen LogP contribution is -2.33. The maximum atomic E-state index is 3.63. The van der Waals surface area contributed by atoms with Gasteiger partial charge in [-0.3, -0.25) is 0 Å². The van der Waals surface area contributed by atoms with E-state index < -0.39 is 0 Å². The number of hydrogen-bond donors (Lipinski definition) is 1. The largest absolute Gasteiger partial charge is 0.314 e. The fourth-order valence-electron chi connectivity index (χ4n) is 2.94. The van der Waals surface area contributed by atoms with E-state index in [1.807, 2.05) is 0 Å². The highest BCUT2D eigenvalue weighted by molar-refractivity contribution is 5.63. The number of benzene rings is 2. The van der Waals surface area contributed by atoms with E-state index in [0.29, 0.717) is 12.0 Å². The van der Waals surface area contributed by atoms with E-state index >= 15 is 0 Å². The van der Waals surface area contributed by atoms with Gasteiger partial charge in [0, 0.05) is 6.04 Å². The van der Waals surface area contributed by atoms with Crippen molar-refractivity contribution in [1.82, 2.24) is 5.32 Å². The Hall–Kier alpha value is -1.60. The van der Waals surface area contributed by atoms with Crippen molar-refractivity contribution >= 4 is 0 Å². The van der Waals surface area contributed by atoms with Gasteiger partial charge in [-0.25, -0.2) is 0 Å². The van der Waals surface area contributed by atoms with Gasteiger partial charge in [-0.1, -0.05) is 81.8 Å². The van der Waals surface area contributed by atoms with Crippen LogP contribution in [0.3, 0.4) is 0 Å². The summed E-state index contributed by atoms with van der Waals surface area (Å²) < 4.78 is 0. The fourth-order valence-corrected chi connectivity index (χ4v) is 2.94. The summed E-state index contributed by atoms with van der Waals surface area (Å²) in [7, 11) is 0. The van der Waals surface area contributed by atoms with Gasteiger partial charge in [0.15, 0.2) is 0 Å². The normalized spacial score (nSPS) is 13.9. The van der Waals surface area contributed by atoms with Gasteiger partial charge in [0.2, 0.25) is 0 Å². The first kappa shape index (κ1) is 15.8. The Labute approximate surface area is 129 Å². The van der Waals surface area contributed by atoms with Gasteiger partial charge < -0.3 is 5.32 Å². The molecular formula is C20H27N. The Morgan fingerprint density at radius 2 is 1.48 bits per heavy atom. The highest BCUT2D eigenvalue weighted by Gasteiger charge is 2.17. The molecule has 1 heteroatoms.